The number of hydrogen-bond donors (Lipinski definition) is 0. The van der Waals surface area contributed by atoms with Crippen molar-refractivity contribution in [2.45, 2.75) is 6.54 Å². The highest BCUT2D eigenvalue weighted by atomic mass is 16.3. The van der Waals surface area contributed by atoms with E-state index in [1.54, 1.807) is 0 Å². The summed E-state index contributed by atoms with van der Waals surface area (Å²) in [6.45, 7) is 4.48. The van der Waals surface area contributed by atoms with Gasteiger partial charge in [0.2, 0.25) is 0 Å². The molecule has 0 bridgehead atoms. The van der Waals surface area contributed by atoms with E-state index in [4.69, 9.17) is 14.4 Å². The maximum absolute atomic E-state index is 6.24. The highest BCUT2D eigenvalue weighted by molar-refractivity contribution is 6.21. The van der Waals surface area contributed by atoms with Gasteiger partial charge >= 0.3 is 0 Å². The van der Waals surface area contributed by atoms with E-state index in [1.807, 2.05) is 36.4 Å². The predicted octanol–water partition coefficient (Wildman–Crippen LogP) is 12.3. The Labute approximate surface area is 301 Å². The van der Waals surface area contributed by atoms with E-state index in [1.165, 1.54) is 16.3 Å². The monoisotopic (exact) mass is 667 g/mol. The van der Waals surface area contributed by atoms with Crippen LogP contribution in [0.25, 0.3) is 65.7 Å². The van der Waals surface area contributed by atoms with E-state index in [0.717, 1.165) is 66.1 Å². The molecular formula is C48H33N3O. The number of para-hydroxylation sites is 1. The van der Waals surface area contributed by atoms with Gasteiger partial charge in [-0.3, -0.25) is 4.99 Å². The molecule has 0 atom stereocenters. The molecule has 246 valence electrons. The maximum Gasteiger partial charge on any atom is 0.161 e. The van der Waals surface area contributed by atoms with Gasteiger partial charge in [-0.15, -0.1) is 0 Å². The van der Waals surface area contributed by atoms with Crippen molar-refractivity contribution in [3.05, 3.63) is 193 Å². The average Bonchev–Trinajstić information content (AvgIpc) is 3.60. The molecule has 0 N–H and O–H groups in total. The summed E-state index contributed by atoms with van der Waals surface area (Å²) in [6.07, 6.45) is 0. The van der Waals surface area contributed by atoms with E-state index < -0.39 is 0 Å². The molecule has 9 aromatic rings. The first-order valence-corrected chi connectivity index (χ1v) is 17.4. The molecule has 4 nitrogen and oxygen atoms in total. The summed E-state index contributed by atoms with van der Waals surface area (Å²) in [5.74, 6) is 1.11. The Balaban J connectivity index is 1.16. The van der Waals surface area contributed by atoms with E-state index in [-0.39, 0.29) is 0 Å². The molecule has 0 fully saturated rings. The molecule has 4 heteroatoms. The van der Waals surface area contributed by atoms with Crippen LogP contribution in [0.15, 0.2) is 195 Å². The fourth-order valence-electron chi connectivity index (χ4n) is 7.23. The molecule has 0 unspecified atom stereocenters. The number of nitrogens with zero attached hydrogens (tertiary/aromatic N) is 3. The average molecular weight is 668 g/mol. The van der Waals surface area contributed by atoms with Crippen molar-refractivity contribution in [1.82, 2.24) is 0 Å². The third-order valence-electron chi connectivity index (χ3n) is 9.72. The number of furan rings is 1. The fourth-order valence-corrected chi connectivity index (χ4v) is 7.23. The molecule has 0 saturated carbocycles. The maximum atomic E-state index is 6.24. The number of fused-ring (bicyclic) bond motifs is 5. The Bertz CT molecular complexity index is 2820. The third kappa shape index (κ3) is 5.66. The summed E-state index contributed by atoms with van der Waals surface area (Å²) in [5, 5.41) is 6.77. The van der Waals surface area contributed by atoms with Gasteiger partial charge in [-0.2, -0.15) is 0 Å². The van der Waals surface area contributed by atoms with Crippen molar-refractivity contribution in [2.75, 3.05) is 0 Å². The number of rotatable bonds is 6. The smallest absolute Gasteiger partial charge is 0.161 e. The van der Waals surface area contributed by atoms with Crippen molar-refractivity contribution in [3.63, 3.8) is 0 Å². The highest BCUT2D eigenvalue weighted by Gasteiger charge is 2.17. The zero-order valence-electron chi connectivity index (χ0n) is 28.4. The second-order valence-electron chi connectivity index (χ2n) is 12.8. The number of benzene rings is 8. The lowest BCUT2D eigenvalue weighted by Crippen LogP contribution is -2.06. The molecule has 8 aromatic carbocycles. The SMILES string of the molecule is C=N/C(=N\C(=N/Cc1ccccc1)c1ccc(-c2cccc3ccccc23)cc1)c1ccc(-c2cccc3oc4ccccc4c23)c2ccccc12. The van der Waals surface area contributed by atoms with Gasteiger partial charge in [-0.1, -0.05) is 158 Å². The van der Waals surface area contributed by atoms with Crippen LogP contribution >= 0.6 is 0 Å². The van der Waals surface area contributed by atoms with Gasteiger partial charge in [0.1, 0.15) is 11.2 Å². The van der Waals surface area contributed by atoms with E-state index in [0.29, 0.717) is 18.2 Å². The van der Waals surface area contributed by atoms with Crippen LogP contribution in [0.5, 0.6) is 0 Å². The first-order valence-electron chi connectivity index (χ1n) is 17.4. The quantitative estimate of drug-likeness (QED) is 0.129. The fraction of sp³-hybridized carbons (Fsp3) is 0.0208. The van der Waals surface area contributed by atoms with Crippen molar-refractivity contribution in [2.24, 2.45) is 15.0 Å². The normalized spacial score (nSPS) is 12.2. The van der Waals surface area contributed by atoms with E-state index >= 15 is 0 Å². The van der Waals surface area contributed by atoms with Crippen LogP contribution in [0.1, 0.15) is 16.7 Å². The number of aliphatic imine (C=N–C) groups is 3. The van der Waals surface area contributed by atoms with E-state index in [9.17, 15) is 0 Å². The number of hydrogen-bond acceptors (Lipinski definition) is 2. The molecule has 52 heavy (non-hydrogen) atoms. The van der Waals surface area contributed by atoms with Crippen molar-refractivity contribution < 1.29 is 4.42 Å². The van der Waals surface area contributed by atoms with Crippen LogP contribution in [0.3, 0.4) is 0 Å². The molecule has 0 spiro atoms. The Morgan fingerprint density at radius 3 is 1.96 bits per heavy atom. The topological polar surface area (TPSA) is 50.2 Å². The Morgan fingerprint density at radius 2 is 1.13 bits per heavy atom. The van der Waals surface area contributed by atoms with Crippen LogP contribution in [0, 0.1) is 0 Å². The lowest BCUT2D eigenvalue weighted by molar-refractivity contribution is 0.669. The summed E-state index contributed by atoms with van der Waals surface area (Å²) < 4.78 is 6.24. The minimum absolute atomic E-state index is 0.484. The van der Waals surface area contributed by atoms with Crippen molar-refractivity contribution in [1.29, 1.82) is 0 Å². The van der Waals surface area contributed by atoms with Crippen LogP contribution in [0.4, 0.5) is 0 Å². The summed E-state index contributed by atoms with van der Waals surface area (Å²) in [4.78, 5) is 14.7. The second kappa shape index (κ2) is 13.4. The predicted molar refractivity (Wildman–Crippen MR) is 219 cm³/mol. The van der Waals surface area contributed by atoms with Crippen molar-refractivity contribution in [3.8, 4) is 22.3 Å². The van der Waals surface area contributed by atoms with Crippen LogP contribution in [-0.4, -0.2) is 18.4 Å². The Kier molecular flexibility index (Phi) is 8.03. The van der Waals surface area contributed by atoms with E-state index in [2.05, 4.69) is 151 Å². The lowest BCUT2D eigenvalue weighted by atomic mass is 9.92. The zero-order chi connectivity index (χ0) is 34.9. The van der Waals surface area contributed by atoms with Crippen LogP contribution < -0.4 is 0 Å². The largest absolute Gasteiger partial charge is 0.456 e. The highest BCUT2D eigenvalue weighted by Crippen LogP contribution is 2.40. The Morgan fingerprint density at radius 1 is 0.481 bits per heavy atom. The minimum Gasteiger partial charge on any atom is -0.456 e. The van der Waals surface area contributed by atoms with Crippen LogP contribution in [0.2, 0.25) is 0 Å². The summed E-state index contributed by atoms with van der Waals surface area (Å²) in [5.41, 5.74) is 9.20. The molecular weight excluding hydrogens is 635 g/mol. The summed E-state index contributed by atoms with van der Waals surface area (Å²) in [7, 11) is 0. The van der Waals surface area contributed by atoms with Gasteiger partial charge in [-0.05, 0) is 74.3 Å². The summed E-state index contributed by atoms with van der Waals surface area (Å²) in [6, 6.07) is 60.8. The third-order valence-corrected chi connectivity index (χ3v) is 9.72. The standard InChI is InChI=1S/C48H33N3O/c1-49-48(42-30-29-40(38-18-7-8-19-39(38)42)41-22-12-24-45-46(41)43-20-9-10-23-44(43)52-45)51-47(50-31-32-13-3-2-4-14-32)35-27-25-34(26-28-35)37-21-11-16-33-15-5-6-17-36(33)37/h2-30H,1,31H2/b50-47-,51-48-. The van der Waals surface area contributed by atoms with Gasteiger partial charge in [0, 0.05) is 21.9 Å². The minimum atomic E-state index is 0.484. The second-order valence-corrected chi connectivity index (χ2v) is 12.8. The first-order chi connectivity index (χ1) is 25.7. The van der Waals surface area contributed by atoms with Gasteiger partial charge in [0.15, 0.2) is 11.7 Å². The molecule has 1 aromatic heterocycles. The molecule has 9 rings (SSSR count). The summed E-state index contributed by atoms with van der Waals surface area (Å²) >= 11 is 0. The molecule has 0 aliphatic heterocycles. The van der Waals surface area contributed by atoms with Gasteiger partial charge in [0.05, 0.1) is 6.54 Å². The molecule has 0 radical (unpaired) electrons. The molecule has 0 aliphatic carbocycles. The molecule has 0 aliphatic rings. The lowest BCUT2D eigenvalue weighted by Gasteiger charge is -2.13. The zero-order valence-corrected chi connectivity index (χ0v) is 28.4. The Hall–Kier alpha value is -6.91. The molecule has 1 heterocycles. The number of amidine groups is 2. The van der Waals surface area contributed by atoms with Gasteiger partial charge < -0.3 is 4.42 Å². The molecule has 0 saturated heterocycles. The van der Waals surface area contributed by atoms with Crippen LogP contribution in [-0.2, 0) is 6.54 Å². The van der Waals surface area contributed by atoms with Crippen molar-refractivity contribution >= 4 is 61.9 Å². The van der Waals surface area contributed by atoms with Gasteiger partial charge in [-0.25, -0.2) is 9.98 Å². The first kappa shape index (κ1) is 31.1. The van der Waals surface area contributed by atoms with Gasteiger partial charge in [0.25, 0.3) is 0 Å². The molecule has 0 amide bonds.